The van der Waals surface area contributed by atoms with Gasteiger partial charge in [0.1, 0.15) is 0 Å². The van der Waals surface area contributed by atoms with E-state index in [1.54, 1.807) is 0 Å². The summed E-state index contributed by atoms with van der Waals surface area (Å²) in [6.07, 6.45) is 0. The Hall–Kier alpha value is -1.10. The van der Waals surface area contributed by atoms with E-state index >= 15 is 0 Å². The van der Waals surface area contributed by atoms with Crippen LogP contribution in [0.15, 0.2) is 24.3 Å². The molecule has 1 aromatic carbocycles. The van der Waals surface area contributed by atoms with Gasteiger partial charge in [-0.15, -0.1) is 0 Å². The number of nitrogens with zero attached hydrogens (tertiary/aromatic N) is 2. The molecule has 0 radical (unpaired) electrons. The summed E-state index contributed by atoms with van der Waals surface area (Å²) in [5.41, 5.74) is 2.58. The maximum absolute atomic E-state index is 5.37. The zero-order chi connectivity index (χ0) is 14.4. The summed E-state index contributed by atoms with van der Waals surface area (Å²) in [5.74, 6) is 0. The van der Waals surface area contributed by atoms with Gasteiger partial charge in [0.25, 0.3) is 0 Å². The fourth-order valence-corrected chi connectivity index (χ4v) is 2.44. The monoisotopic (exact) mass is 277 g/mol. The summed E-state index contributed by atoms with van der Waals surface area (Å²) in [4.78, 5) is 4.59. The molecule has 0 spiro atoms. The Labute approximate surface area is 122 Å². The van der Waals surface area contributed by atoms with Gasteiger partial charge in [0, 0.05) is 52.0 Å². The lowest BCUT2D eigenvalue weighted by molar-refractivity contribution is 0.0343. The summed E-state index contributed by atoms with van der Waals surface area (Å²) in [6.45, 7) is 8.15. The van der Waals surface area contributed by atoms with E-state index in [4.69, 9.17) is 4.74 Å². The quantitative estimate of drug-likeness (QED) is 0.854. The summed E-state index contributed by atoms with van der Waals surface area (Å²) < 4.78 is 5.37. The Morgan fingerprint density at radius 3 is 2.45 bits per heavy atom. The first-order chi connectivity index (χ1) is 9.65. The van der Waals surface area contributed by atoms with Crippen molar-refractivity contribution in [3.8, 4) is 0 Å². The Balaban J connectivity index is 1.73. The largest absolute Gasteiger partial charge is 0.379 e. The average molecular weight is 277 g/mol. The van der Waals surface area contributed by atoms with E-state index in [1.807, 2.05) is 0 Å². The van der Waals surface area contributed by atoms with E-state index in [1.165, 1.54) is 11.3 Å². The van der Waals surface area contributed by atoms with Crippen molar-refractivity contribution >= 4 is 5.69 Å². The van der Waals surface area contributed by atoms with Gasteiger partial charge in [-0.1, -0.05) is 12.1 Å². The van der Waals surface area contributed by atoms with Gasteiger partial charge < -0.3 is 15.0 Å². The molecule has 0 saturated carbocycles. The van der Waals surface area contributed by atoms with Crippen LogP contribution in [0.2, 0.25) is 0 Å². The highest BCUT2D eigenvalue weighted by Gasteiger charge is 2.13. The molecule has 1 fully saturated rings. The Morgan fingerprint density at radius 2 is 1.85 bits per heavy atom. The molecule has 2 rings (SSSR count). The number of benzene rings is 1. The van der Waals surface area contributed by atoms with Crippen LogP contribution in [-0.2, 0) is 11.3 Å². The summed E-state index contributed by atoms with van der Waals surface area (Å²) >= 11 is 0. The third-order valence-corrected chi connectivity index (χ3v) is 3.74. The number of nitrogens with one attached hydrogen (secondary N) is 1. The van der Waals surface area contributed by atoms with E-state index in [-0.39, 0.29) is 0 Å². The molecule has 1 aromatic rings. The van der Waals surface area contributed by atoms with Crippen molar-refractivity contribution in [1.82, 2.24) is 10.2 Å². The number of hydrogen-bond acceptors (Lipinski definition) is 4. The first-order valence-electron chi connectivity index (χ1n) is 7.45. The smallest absolute Gasteiger partial charge is 0.0594 e. The van der Waals surface area contributed by atoms with E-state index in [2.05, 4.69) is 60.4 Å². The Kier molecular flexibility index (Phi) is 5.83. The maximum Gasteiger partial charge on any atom is 0.0594 e. The maximum atomic E-state index is 5.37. The van der Waals surface area contributed by atoms with Crippen LogP contribution >= 0.6 is 0 Å². The van der Waals surface area contributed by atoms with E-state index in [0.29, 0.717) is 6.04 Å². The van der Waals surface area contributed by atoms with Crippen LogP contribution in [0.1, 0.15) is 12.5 Å². The summed E-state index contributed by atoms with van der Waals surface area (Å²) in [5, 5.41) is 3.60. The van der Waals surface area contributed by atoms with Crippen LogP contribution in [0.4, 0.5) is 5.69 Å². The highest BCUT2D eigenvalue weighted by atomic mass is 16.5. The SMILES string of the molecule is CC(CN1CCOCC1)NCc1ccc(N(C)C)cc1. The highest BCUT2D eigenvalue weighted by Crippen LogP contribution is 2.12. The van der Waals surface area contributed by atoms with Gasteiger partial charge in [0.2, 0.25) is 0 Å². The average Bonchev–Trinajstić information content (AvgIpc) is 2.46. The molecule has 1 aliphatic rings. The van der Waals surface area contributed by atoms with Gasteiger partial charge >= 0.3 is 0 Å². The molecule has 1 N–H and O–H groups in total. The fraction of sp³-hybridized carbons (Fsp3) is 0.625. The summed E-state index contributed by atoms with van der Waals surface area (Å²) in [6, 6.07) is 9.24. The zero-order valence-electron chi connectivity index (χ0n) is 12.9. The molecule has 0 aromatic heterocycles. The first-order valence-corrected chi connectivity index (χ1v) is 7.45. The van der Waals surface area contributed by atoms with Crippen molar-refractivity contribution < 1.29 is 4.74 Å². The van der Waals surface area contributed by atoms with Crippen molar-refractivity contribution in [2.24, 2.45) is 0 Å². The number of ether oxygens (including phenoxy) is 1. The van der Waals surface area contributed by atoms with Crippen LogP contribution in [0.25, 0.3) is 0 Å². The molecule has 20 heavy (non-hydrogen) atoms. The Morgan fingerprint density at radius 1 is 1.20 bits per heavy atom. The van der Waals surface area contributed by atoms with Gasteiger partial charge in [0.05, 0.1) is 13.2 Å². The number of hydrogen-bond donors (Lipinski definition) is 1. The van der Waals surface area contributed by atoms with Gasteiger partial charge in [0.15, 0.2) is 0 Å². The minimum Gasteiger partial charge on any atom is -0.379 e. The number of rotatable bonds is 6. The molecule has 0 bridgehead atoms. The van der Waals surface area contributed by atoms with Crippen molar-refractivity contribution in [3.63, 3.8) is 0 Å². The zero-order valence-corrected chi connectivity index (χ0v) is 12.9. The fourth-order valence-electron chi connectivity index (χ4n) is 2.44. The lowest BCUT2D eigenvalue weighted by Gasteiger charge is -2.29. The van der Waals surface area contributed by atoms with Gasteiger partial charge in [-0.2, -0.15) is 0 Å². The molecule has 4 nitrogen and oxygen atoms in total. The van der Waals surface area contributed by atoms with Crippen LogP contribution in [0.5, 0.6) is 0 Å². The van der Waals surface area contributed by atoms with E-state index in [9.17, 15) is 0 Å². The molecule has 1 saturated heterocycles. The minimum atomic E-state index is 0.502. The van der Waals surface area contributed by atoms with E-state index < -0.39 is 0 Å². The summed E-state index contributed by atoms with van der Waals surface area (Å²) in [7, 11) is 4.13. The Bertz CT molecular complexity index is 385. The van der Waals surface area contributed by atoms with Crippen molar-refractivity contribution in [3.05, 3.63) is 29.8 Å². The molecule has 1 heterocycles. The van der Waals surface area contributed by atoms with Crippen LogP contribution in [0, 0.1) is 0 Å². The second kappa shape index (κ2) is 7.62. The predicted octanol–water partition coefficient (Wildman–Crippen LogP) is 1.56. The van der Waals surface area contributed by atoms with Crippen LogP contribution in [-0.4, -0.2) is 57.9 Å². The molecule has 1 aliphatic heterocycles. The van der Waals surface area contributed by atoms with Crippen molar-refractivity contribution in [1.29, 1.82) is 0 Å². The molecule has 1 unspecified atom stereocenters. The standard InChI is InChI=1S/C16H27N3O/c1-14(13-19-8-10-20-11-9-19)17-12-15-4-6-16(7-5-15)18(2)3/h4-7,14,17H,8-13H2,1-3H3. The molecule has 112 valence electrons. The van der Waals surface area contributed by atoms with Gasteiger partial charge in [-0.3, -0.25) is 4.90 Å². The minimum absolute atomic E-state index is 0.502. The number of morpholine rings is 1. The second-order valence-electron chi connectivity index (χ2n) is 5.76. The lowest BCUT2D eigenvalue weighted by Crippen LogP contribution is -2.44. The van der Waals surface area contributed by atoms with Crippen LogP contribution < -0.4 is 10.2 Å². The molecular formula is C16H27N3O. The third kappa shape index (κ3) is 4.78. The second-order valence-corrected chi connectivity index (χ2v) is 5.76. The van der Waals surface area contributed by atoms with E-state index in [0.717, 1.165) is 39.4 Å². The molecule has 0 aliphatic carbocycles. The van der Waals surface area contributed by atoms with Gasteiger partial charge in [-0.05, 0) is 24.6 Å². The molecular weight excluding hydrogens is 250 g/mol. The first kappa shape index (κ1) is 15.3. The molecule has 4 heteroatoms. The van der Waals surface area contributed by atoms with Crippen LogP contribution in [0.3, 0.4) is 0 Å². The topological polar surface area (TPSA) is 27.7 Å². The normalized spacial score (nSPS) is 17.9. The number of anilines is 1. The van der Waals surface area contributed by atoms with Crippen molar-refractivity contribution in [2.45, 2.75) is 19.5 Å². The lowest BCUT2D eigenvalue weighted by atomic mass is 10.2. The molecule has 0 amide bonds. The molecule has 1 atom stereocenters. The third-order valence-electron chi connectivity index (χ3n) is 3.74. The van der Waals surface area contributed by atoms with Gasteiger partial charge in [-0.25, -0.2) is 0 Å². The predicted molar refractivity (Wildman–Crippen MR) is 84.3 cm³/mol. The highest BCUT2D eigenvalue weighted by molar-refractivity contribution is 5.45. The van der Waals surface area contributed by atoms with Crippen molar-refractivity contribution in [2.75, 3.05) is 51.8 Å².